The second-order valence-electron chi connectivity index (χ2n) is 8.85. The molecule has 4 nitrogen and oxygen atoms in total. The number of benzene rings is 2. The Balaban J connectivity index is 1.59. The Morgan fingerprint density at radius 1 is 1.20 bits per heavy atom. The second kappa shape index (κ2) is 6.60. The third-order valence-electron chi connectivity index (χ3n) is 7.53. The van der Waals surface area contributed by atoms with E-state index in [-0.39, 0.29) is 17.9 Å². The first kappa shape index (κ1) is 18.5. The fourth-order valence-corrected chi connectivity index (χ4v) is 6.70. The SMILES string of the molecule is CCOC(=O)C12Cn3c(cc4ccccc43)[C@@H]1N1CCCC1[C@@H]2c1ccc(Cl)cc1. The van der Waals surface area contributed by atoms with Gasteiger partial charge in [-0.15, -0.1) is 0 Å². The van der Waals surface area contributed by atoms with E-state index in [9.17, 15) is 4.79 Å². The first-order valence-corrected chi connectivity index (χ1v) is 11.3. The molecule has 5 heteroatoms. The highest BCUT2D eigenvalue weighted by atomic mass is 35.5. The molecule has 0 radical (unpaired) electrons. The molecule has 2 fully saturated rings. The van der Waals surface area contributed by atoms with Crippen molar-refractivity contribution < 1.29 is 9.53 Å². The molecule has 6 rings (SSSR count). The summed E-state index contributed by atoms with van der Waals surface area (Å²) in [6.07, 6.45) is 2.29. The van der Waals surface area contributed by atoms with Crippen LogP contribution in [0.1, 0.15) is 43.0 Å². The van der Waals surface area contributed by atoms with Gasteiger partial charge in [-0.05, 0) is 61.5 Å². The number of hydrogen-bond acceptors (Lipinski definition) is 3. The number of carbonyl (C=O) groups is 1. The number of para-hydroxylation sites is 1. The standard InChI is InChI=1S/C25H25ClN2O2/c1-2-30-24(29)25-15-28-19-7-4-3-6-17(19)14-21(28)23(25)27-13-5-8-20(27)22(25)16-9-11-18(26)12-10-16/h3-4,6-7,9-12,14,20,22-23H,2,5,8,13,15H2,1H3/t20?,22-,23-,25?/m0/s1. The molecular weight excluding hydrogens is 396 g/mol. The molecule has 4 heterocycles. The summed E-state index contributed by atoms with van der Waals surface area (Å²) in [7, 11) is 0. The monoisotopic (exact) mass is 420 g/mol. The van der Waals surface area contributed by atoms with Crippen molar-refractivity contribution in [2.24, 2.45) is 5.41 Å². The van der Waals surface area contributed by atoms with Crippen LogP contribution in [0.2, 0.25) is 5.02 Å². The van der Waals surface area contributed by atoms with Crippen LogP contribution in [-0.4, -0.2) is 34.6 Å². The summed E-state index contributed by atoms with van der Waals surface area (Å²) in [6, 6.07) is 19.3. The van der Waals surface area contributed by atoms with Gasteiger partial charge >= 0.3 is 5.97 Å². The van der Waals surface area contributed by atoms with Gasteiger partial charge in [0.2, 0.25) is 0 Å². The van der Waals surface area contributed by atoms with Crippen LogP contribution in [0, 0.1) is 5.41 Å². The van der Waals surface area contributed by atoms with Gasteiger partial charge in [0, 0.05) is 34.7 Å². The minimum absolute atomic E-state index is 0.0529. The van der Waals surface area contributed by atoms with Gasteiger partial charge in [-0.1, -0.05) is 41.9 Å². The van der Waals surface area contributed by atoms with Crippen molar-refractivity contribution in [1.29, 1.82) is 0 Å². The largest absolute Gasteiger partial charge is 0.465 e. The maximum absolute atomic E-state index is 13.7. The molecule has 2 aromatic carbocycles. The van der Waals surface area contributed by atoms with Crippen LogP contribution in [-0.2, 0) is 16.1 Å². The number of aromatic nitrogens is 1. The lowest BCUT2D eigenvalue weighted by molar-refractivity contribution is -0.158. The van der Waals surface area contributed by atoms with E-state index in [4.69, 9.17) is 16.3 Å². The Labute approximate surface area is 181 Å². The van der Waals surface area contributed by atoms with Crippen LogP contribution in [0.25, 0.3) is 10.9 Å². The Morgan fingerprint density at radius 3 is 2.80 bits per heavy atom. The van der Waals surface area contributed by atoms with E-state index in [1.807, 2.05) is 19.1 Å². The number of halogens is 1. The smallest absolute Gasteiger partial charge is 0.316 e. The molecule has 2 unspecified atom stereocenters. The van der Waals surface area contributed by atoms with Gasteiger partial charge in [0.15, 0.2) is 0 Å². The maximum atomic E-state index is 13.7. The predicted octanol–water partition coefficient (Wildman–Crippen LogP) is 5.16. The lowest BCUT2D eigenvalue weighted by atomic mass is 9.68. The normalized spacial score (nSPS) is 29.7. The van der Waals surface area contributed by atoms with Crippen molar-refractivity contribution in [3.63, 3.8) is 0 Å². The van der Waals surface area contributed by atoms with Crippen LogP contribution in [0.5, 0.6) is 0 Å². The molecular formula is C25H25ClN2O2. The van der Waals surface area contributed by atoms with Gasteiger partial charge in [0.05, 0.1) is 12.6 Å². The van der Waals surface area contributed by atoms with E-state index in [2.05, 4.69) is 51.9 Å². The van der Waals surface area contributed by atoms with E-state index in [1.54, 1.807) is 0 Å². The topological polar surface area (TPSA) is 34.5 Å². The van der Waals surface area contributed by atoms with Gasteiger partial charge in [-0.3, -0.25) is 9.69 Å². The number of hydrogen-bond donors (Lipinski definition) is 0. The highest BCUT2D eigenvalue weighted by molar-refractivity contribution is 6.30. The second-order valence-corrected chi connectivity index (χ2v) is 9.29. The Morgan fingerprint density at radius 2 is 2.00 bits per heavy atom. The van der Waals surface area contributed by atoms with Crippen LogP contribution in [0.4, 0.5) is 0 Å². The predicted molar refractivity (Wildman–Crippen MR) is 118 cm³/mol. The van der Waals surface area contributed by atoms with Crippen molar-refractivity contribution in [2.45, 2.75) is 44.3 Å². The molecule has 2 saturated heterocycles. The molecule has 30 heavy (non-hydrogen) atoms. The van der Waals surface area contributed by atoms with Gasteiger partial charge in [-0.2, -0.15) is 0 Å². The van der Waals surface area contributed by atoms with Crippen LogP contribution in [0.3, 0.4) is 0 Å². The van der Waals surface area contributed by atoms with E-state index < -0.39 is 5.41 Å². The molecule has 3 aliphatic rings. The number of rotatable bonds is 3. The van der Waals surface area contributed by atoms with Gasteiger partial charge < -0.3 is 9.30 Å². The summed E-state index contributed by atoms with van der Waals surface area (Å²) in [5.41, 5.74) is 3.06. The molecule has 1 aromatic heterocycles. The average Bonchev–Trinajstić information content (AvgIpc) is 3.46. The van der Waals surface area contributed by atoms with Gasteiger partial charge in [0.1, 0.15) is 5.41 Å². The molecule has 0 aliphatic carbocycles. The molecule has 0 amide bonds. The molecule has 154 valence electrons. The maximum Gasteiger partial charge on any atom is 0.316 e. The highest BCUT2D eigenvalue weighted by Gasteiger charge is 2.69. The molecule has 0 saturated carbocycles. The van der Waals surface area contributed by atoms with Crippen LogP contribution in [0.15, 0.2) is 54.6 Å². The summed E-state index contributed by atoms with van der Waals surface area (Å²) in [5, 5.41) is 1.97. The minimum Gasteiger partial charge on any atom is -0.465 e. The summed E-state index contributed by atoms with van der Waals surface area (Å²) in [6.45, 7) is 4.00. The van der Waals surface area contributed by atoms with Crippen LogP contribution < -0.4 is 0 Å². The van der Waals surface area contributed by atoms with Crippen molar-refractivity contribution in [3.05, 3.63) is 70.9 Å². The fraction of sp³-hybridized carbons (Fsp3) is 0.400. The number of fused-ring (bicyclic) bond motifs is 7. The fourth-order valence-electron chi connectivity index (χ4n) is 6.58. The van der Waals surface area contributed by atoms with Crippen LogP contribution >= 0.6 is 11.6 Å². The third-order valence-corrected chi connectivity index (χ3v) is 7.78. The quantitative estimate of drug-likeness (QED) is 0.549. The van der Waals surface area contributed by atoms with Crippen molar-refractivity contribution >= 4 is 28.5 Å². The minimum atomic E-state index is -0.603. The zero-order chi connectivity index (χ0) is 20.5. The zero-order valence-corrected chi connectivity index (χ0v) is 17.8. The van der Waals surface area contributed by atoms with Gasteiger partial charge in [-0.25, -0.2) is 0 Å². The first-order chi connectivity index (χ1) is 14.6. The Bertz CT molecular complexity index is 1140. The lowest BCUT2D eigenvalue weighted by Crippen LogP contribution is -2.41. The molecule has 3 aromatic rings. The molecule has 0 N–H and O–H groups in total. The van der Waals surface area contributed by atoms with Crippen molar-refractivity contribution in [1.82, 2.24) is 9.47 Å². The van der Waals surface area contributed by atoms with E-state index in [0.717, 1.165) is 18.0 Å². The Hall–Kier alpha value is -2.30. The Kier molecular flexibility index (Phi) is 4.06. The van der Waals surface area contributed by atoms with Crippen molar-refractivity contribution in [3.8, 4) is 0 Å². The first-order valence-electron chi connectivity index (χ1n) is 10.9. The number of esters is 1. The average molecular weight is 421 g/mol. The number of ether oxygens (including phenoxy) is 1. The van der Waals surface area contributed by atoms with E-state index in [0.29, 0.717) is 19.2 Å². The van der Waals surface area contributed by atoms with Crippen molar-refractivity contribution in [2.75, 3.05) is 13.2 Å². The van der Waals surface area contributed by atoms with E-state index >= 15 is 0 Å². The summed E-state index contributed by atoms with van der Waals surface area (Å²) < 4.78 is 8.15. The van der Waals surface area contributed by atoms with E-state index in [1.165, 1.54) is 28.6 Å². The number of carbonyl (C=O) groups excluding carboxylic acids is 1. The lowest BCUT2D eigenvalue weighted by Gasteiger charge is -2.34. The molecule has 3 aliphatic heterocycles. The molecule has 0 bridgehead atoms. The highest BCUT2D eigenvalue weighted by Crippen LogP contribution is 2.65. The zero-order valence-electron chi connectivity index (χ0n) is 17.1. The van der Waals surface area contributed by atoms with Gasteiger partial charge in [0.25, 0.3) is 0 Å². The number of nitrogens with zero attached hydrogens (tertiary/aromatic N) is 2. The molecule has 4 atom stereocenters. The summed E-state index contributed by atoms with van der Waals surface area (Å²) in [5.74, 6) is 0.0390. The molecule has 0 spiro atoms. The summed E-state index contributed by atoms with van der Waals surface area (Å²) >= 11 is 6.20. The summed E-state index contributed by atoms with van der Waals surface area (Å²) in [4.78, 5) is 16.3. The third kappa shape index (κ3) is 2.29.